The Morgan fingerprint density at radius 3 is 2.55 bits per heavy atom. The van der Waals surface area contributed by atoms with Crippen LogP contribution < -0.4 is 10.1 Å². The number of carbonyl (C=O) groups excluding carboxylic acids is 1. The minimum Gasteiger partial charge on any atom is -0.484 e. The number of carbonyl (C=O) groups is 1. The Balaban J connectivity index is 1.69. The summed E-state index contributed by atoms with van der Waals surface area (Å²) in [5.74, 6) is 0.572. The Labute approximate surface area is 130 Å². The lowest BCUT2D eigenvalue weighted by Gasteiger charge is -2.08. The monoisotopic (exact) mass is 299 g/mol. The number of hydrogen-bond acceptors (Lipinski definition) is 3. The van der Waals surface area contributed by atoms with E-state index in [1.165, 1.54) is 0 Å². The van der Waals surface area contributed by atoms with Gasteiger partial charge in [0.2, 0.25) is 0 Å². The highest BCUT2D eigenvalue weighted by atomic mass is 16.5. The van der Waals surface area contributed by atoms with Crippen molar-refractivity contribution in [1.29, 1.82) is 0 Å². The first kappa shape index (κ1) is 16.0. The van der Waals surface area contributed by atoms with E-state index >= 15 is 0 Å². The summed E-state index contributed by atoms with van der Waals surface area (Å²) >= 11 is 0. The Morgan fingerprint density at radius 2 is 1.86 bits per heavy atom. The molecule has 0 aliphatic carbocycles. The smallest absolute Gasteiger partial charge is 0.257 e. The molecule has 0 bridgehead atoms. The van der Waals surface area contributed by atoms with Crippen molar-refractivity contribution in [2.45, 2.75) is 20.0 Å². The molecule has 0 atom stereocenters. The van der Waals surface area contributed by atoms with E-state index in [1.807, 2.05) is 55.5 Å². The molecule has 4 heteroatoms. The highest BCUT2D eigenvalue weighted by molar-refractivity contribution is 5.77. The van der Waals surface area contributed by atoms with E-state index in [0.717, 1.165) is 23.1 Å². The molecule has 0 aliphatic rings. The molecule has 0 aromatic heterocycles. The lowest BCUT2D eigenvalue weighted by molar-refractivity contribution is -0.123. The lowest BCUT2D eigenvalue weighted by atomic mass is 10.1. The van der Waals surface area contributed by atoms with Crippen molar-refractivity contribution < 1.29 is 14.6 Å². The van der Waals surface area contributed by atoms with Gasteiger partial charge >= 0.3 is 0 Å². The molecule has 2 aromatic carbocycles. The van der Waals surface area contributed by atoms with Crippen LogP contribution in [0.15, 0.2) is 48.5 Å². The van der Waals surface area contributed by atoms with E-state index < -0.39 is 0 Å². The number of ether oxygens (including phenoxy) is 1. The minimum atomic E-state index is -0.131. The Kier molecular flexibility index (Phi) is 5.98. The largest absolute Gasteiger partial charge is 0.484 e. The number of rotatable bonds is 7. The van der Waals surface area contributed by atoms with Crippen molar-refractivity contribution in [1.82, 2.24) is 5.32 Å². The van der Waals surface area contributed by atoms with Gasteiger partial charge in [0.1, 0.15) is 5.75 Å². The molecule has 116 valence electrons. The van der Waals surface area contributed by atoms with E-state index in [-0.39, 0.29) is 19.1 Å². The Morgan fingerprint density at radius 1 is 1.14 bits per heavy atom. The molecule has 0 fully saturated rings. The van der Waals surface area contributed by atoms with Crippen molar-refractivity contribution >= 4 is 5.91 Å². The summed E-state index contributed by atoms with van der Waals surface area (Å²) in [6.45, 7) is 2.61. The van der Waals surface area contributed by atoms with Gasteiger partial charge in [-0.25, -0.2) is 0 Å². The van der Waals surface area contributed by atoms with E-state index in [9.17, 15) is 4.79 Å². The summed E-state index contributed by atoms with van der Waals surface area (Å²) in [7, 11) is 0. The normalized spacial score (nSPS) is 10.3. The van der Waals surface area contributed by atoms with Crippen molar-refractivity contribution in [2.24, 2.45) is 0 Å². The number of aliphatic hydroxyl groups excluding tert-OH is 1. The highest BCUT2D eigenvalue weighted by Gasteiger charge is 2.03. The Hall–Kier alpha value is -2.33. The molecule has 0 radical (unpaired) electrons. The van der Waals surface area contributed by atoms with Crippen molar-refractivity contribution in [2.75, 3.05) is 13.2 Å². The van der Waals surface area contributed by atoms with Gasteiger partial charge in [-0.3, -0.25) is 4.79 Å². The molecule has 0 heterocycles. The van der Waals surface area contributed by atoms with E-state index in [0.29, 0.717) is 12.3 Å². The summed E-state index contributed by atoms with van der Waals surface area (Å²) in [4.78, 5) is 11.7. The van der Waals surface area contributed by atoms with Gasteiger partial charge in [0.25, 0.3) is 5.91 Å². The second kappa shape index (κ2) is 8.20. The number of nitrogens with one attached hydrogen (secondary N) is 1. The molecule has 2 N–H and O–H groups in total. The van der Waals surface area contributed by atoms with E-state index in [4.69, 9.17) is 9.84 Å². The highest BCUT2D eigenvalue weighted by Crippen LogP contribution is 2.11. The van der Waals surface area contributed by atoms with Crippen molar-refractivity contribution in [3.05, 3.63) is 65.2 Å². The third kappa shape index (κ3) is 5.22. The van der Waals surface area contributed by atoms with Crippen LogP contribution in [0.3, 0.4) is 0 Å². The minimum absolute atomic E-state index is 0.0207. The van der Waals surface area contributed by atoms with Crippen LogP contribution in [0.2, 0.25) is 0 Å². The predicted octanol–water partition coefficient (Wildman–Crippen LogP) is 2.23. The first-order valence-electron chi connectivity index (χ1n) is 7.32. The average Bonchev–Trinajstić information content (AvgIpc) is 2.54. The van der Waals surface area contributed by atoms with Crippen LogP contribution in [-0.4, -0.2) is 24.2 Å². The summed E-state index contributed by atoms with van der Waals surface area (Å²) in [6.07, 6.45) is 0.752. The van der Waals surface area contributed by atoms with Crippen LogP contribution >= 0.6 is 0 Å². The second-order valence-electron chi connectivity index (χ2n) is 5.18. The third-order valence-electron chi connectivity index (χ3n) is 3.30. The number of amides is 1. The van der Waals surface area contributed by atoms with Crippen molar-refractivity contribution in [3.63, 3.8) is 0 Å². The third-order valence-corrected chi connectivity index (χ3v) is 3.30. The Bertz CT molecular complexity index is 608. The fourth-order valence-corrected chi connectivity index (χ4v) is 2.06. The zero-order chi connectivity index (χ0) is 15.8. The molecular weight excluding hydrogens is 278 g/mol. The summed E-state index contributed by atoms with van der Waals surface area (Å²) in [5.41, 5.74) is 3.11. The molecule has 1 amide bonds. The average molecular weight is 299 g/mol. The number of aliphatic hydroxyl groups is 1. The van der Waals surface area contributed by atoms with Crippen LogP contribution in [0.25, 0.3) is 0 Å². The molecule has 2 aromatic rings. The van der Waals surface area contributed by atoms with Gasteiger partial charge in [-0.05, 0) is 42.2 Å². The van der Waals surface area contributed by atoms with Crippen LogP contribution in [0.1, 0.15) is 16.7 Å². The van der Waals surface area contributed by atoms with Gasteiger partial charge in [0.05, 0.1) is 6.61 Å². The molecule has 22 heavy (non-hydrogen) atoms. The maximum absolute atomic E-state index is 11.7. The van der Waals surface area contributed by atoms with Crippen LogP contribution in [0.4, 0.5) is 0 Å². The number of hydrogen-bond donors (Lipinski definition) is 2. The predicted molar refractivity (Wildman–Crippen MR) is 85.8 cm³/mol. The quantitative estimate of drug-likeness (QED) is 0.824. The summed E-state index contributed by atoms with van der Waals surface area (Å²) in [5, 5.41) is 11.8. The lowest BCUT2D eigenvalue weighted by Crippen LogP contribution is -2.30. The standard InChI is InChI=1S/C18H21NO3/c1-14-3-2-4-17(11-14)22-13-18(21)19-10-9-15-5-7-16(12-20)8-6-15/h2-8,11,20H,9-10,12-13H2,1H3,(H,19,21). The molecular formula is C18H21NO3. The van der Waals surface area contributed by atoms with Gasteiger partial charge < -0.3 is 15.2 Å². The first-order chi connectivity index (χ1) is 10.7. The fourth-order valence-electron chi connectivity index (χ4n) is 2.06. The van der Waals surface area contributed by atoms with Crippen LogP contribution in [-0.2, 0) is 17.8 Å². The van der Waals surface area contributed by atoms with E-state index in [1.54, 1.807) is 0 Å². The number of aryl methyl sites for hydroxylation is 1. The second-order valence-corrected chi connectivity index (χ2v) is 5.18. The van der Waals surface area contributed by atoms with Crippen LogP contribution in [0.5, 0.6) is 5.75 Å². The molecule has 2 rings (SSSR count). The van der Waals surface area contributed by atoms with Crippen LogP contribution in [0, 0.1) is 6.92 Å². The maximum Gasteiger partial charge on any atom is 0.257 e. The molecule has 0 spiro atoms. The van der Waals surface area contributed by atoms with Gasteiger partial charge in [0.15, 0.2) is 6.61 Å². The fraction of sp³-hybridized carbons (Fsp3) is 0.278. The zero-order valence-corrected chi connectivity index (χ0v) is 12.7. The molecule has 0 saturated heterocycles. The molecule has 4 nitrogen and oxygen atoms in total. The maximum atomic E-state index is 11.7. The summed E-state index contributed by atoms with van der Waals surface area (Å²) < 4.78 is 5.44. The van der Waals surface area contributed by atoms with Crippen molar-refractivity contribution in [3.8, 4) is 5.75 Å². The summed E-state index contributed by atoms with van der Waals surface area (Å²) in [6, 6.07) is 15.3. The topological polar surface area (TPSA) is 58.6 Å². The SMILES string of the molecule is Cc1cccc(OCC(=O)NCCc2ccc(CO)cc2)c1. The van der Waals surface area contributed by atoms with Gasteiger partial charge in [-0.15, -0.1) is 0 Å². The van der Waals surface area contributed by atoms with Gasteiger partial charge in [-0.1, -0.05) is 36.4 Å². The molecule has 0 unspecified atom stereocenters. The zero-order valence-electron chi connectivity index (χ0n) is 12.7. The van der Waals surface area contributed by atoms with E-state index in [2.05, 4.69) is 5.32 Å². The number of benzene rings is 2. The van der Waals surface area contributed by atoms with Gasteiger partial charge in [0, 0.05) is 6.54 Å². The van der Waals surface area contributed by atoms with Gasteiger partial charge in [-0.2, -0.15) is 0 Å². The first-order valence-corrected chi connectivity index (χ1v) is 7.32. The molecule has 0 saturated carbocycles. The molecule has 0 aliphatic heterocycles.